The van der Waals surface area contributed by atoms with Gasteiger partial charge in [0.05, 0.1) is 12.8 Å². The molecule has 20 heavy (non-hydrogen) atoms. The molecule has 0 bridgehead atoms. The zero-order valence-corrected chi connectivity index (χ0v) is 11.7. The topological polar surface area (TPSA) is 70.4 Å². The lowest BCUT2D eigenvalue weighted by atomic mass is 10.1. The molecule has 1 aromatic heterocycles. The van der Waals surface area contributed by atoms with Crippen molar-refractivity contribution in [2.45, 2.75) is 45.3 Å². The number of esters is 1. The first kappa shape index (κ1) is 14.7. The van der Waals surface area contributed by atoms with Crippen LogP contribution in [0.5, 0.6) is 0 Å². The fourth-order valence-corrected chi connectivity index (χ4v) is 2.22. The van der Waals surface area contributed by atoms with Crippen LogP contribution in [0.2, 0.25) is 0 Å². The van der Waals surface area contributed by atoms with E-state index in [0.717, 1.165) is 24.8 Å². The van der Waals surface area contributed by atoms with Crippen LogP contribution in [0.15, 0.2) is 17.1 Å². The second kappa shape index (κ2) is 7.19. The van der Waals surface area contributed by atoms with Crippen LogP contribution in [0.4, 0.5) is 0 Å². The van der Waals surface area contributed by atoms with Crippen LogP contribution in [0.25, 0.3) is 0 Å². The molecule has 1 aliphatic rings. The molecule has 2 rings (SSSR count). The van der Waals surface area contributed by atoms with E-state index in [1.807, 2.05) is 0 Å². The van der Waals surface area contributed by atoms with E-state index in [1.54, 1.807) is 12.3 Å². The van der Waals surface area contributed by atoms with Crippen molar-refractivity contribution < 1.29 is 14.3 Å². The smallest absolute Gasteiger partial charge is 0.302 e. The van der Waals surface area contributed by atoms with Gasteiger partial charge in [0.1, 0.15) is 0 Å². The summed E-state index contributed by atoms with van der Waals surface area (Å²) in [6, 6.07) is 1.58. The normalized spacial score (nSPS) is 18.8. The highest BCUT2D eigenvalue weighted by Gasteiger charge is 2.17. The molecule has 1 aliphatic heterocycles. The second-order valence-corrected chi connectivity index (χ2v) is 4.91. The van der Waals surface area contributed by atoms with E-state index in [1.165, 1.54) is 11.6 Å². The Bertz CT molecular complexity index is 506. The number of aromatic nitrogens is 2. The summed E-state index contributed by atoms with van der Waals surface area (Å²) >= 11 is 0. The first-order valence-corrected chi connectivity index (χ1v) is 6.99. The molecule has 1 unspecified atom stereocenters. The Morgan fingerprint density at radius 2 is 2.40 bits per heavy atom. The fourth-order valence-electron chi connectivity index (χ4n) is 2.22. The van der Waals surface area contributed by atoms with Crippen LogP contribution in [-0.2, 0) is 20.7 Å². The molecular formula is C14H20N2O4. The van der Waals surface area contributed by atoms with Gasteiger partial charge in [-0.15, -0.1) is 0 Å². The summed E-state index contributed by atoms with van der Waals surface area (Å²) < 4.78 is 11.8. The highest BCUT2D eigenvalue weighted by molar-refractivity contribution is 5.65. The molecule has 0 spiro atoms. The Hall–Kier alpha value is -1.69. The lowest BCUT2D eigenvalue weighted by molar-refractivity contribution is -0.141. The Labute approximate surface area is 117 Å². The lowest BCUT2D eigenvalue weighted by Gasteiger charge is -2.23. The molecule has 1 aromatic rings. The van der Waals surface area contributed by atoms with Crippen molar-refractivity contribution in [2.75, 3.05) is 13.2 Å². The van der Waals surface area contributed by atoms with Gasteiger partial charge in [0.15, 0.2) is 6.23 Å². The predicted octanol–water partition coefficient (Wildman–Crippen LogP) is 1.44. The molecule has 6 nitrogen and oxygen atoms in total. The third kappa shape index (κ3) is 4.16. The van der Waals surface area contributed by atoms with Crippen LogP contribution in [0, 0.1) is 0 Å². The maximum Gasteiger partial charge on any atom is 0.302 e. The van der Waals surface area contributed by atoms with E-state index in [4.69, 9.17) is 9.47 Å². The number of aryl methyl sites for hydroxylation is 1. The van der Waals surface area contributed by atoms with E-state index in [2.05, 4.69) is 5.10 Å². The van der Waals surface area contributed by atoms with E-state index in [-0.39, 0.29) is 17.8 Å². The molecule has 1 fully saturated rings. The van der Waals surface area contributed by atoms with Crippen molar-refractivity contribution in [3.8, 4) is 0 Å². The molecule has 1 saturated heterocycles. The van der Waals surface area contributed by atoms with Crippen molar-refractivity contribution in [1.29, 1.82) is 0 Å². The van der Waals surface area contributed by atoms with Crippen LogP contribution in [-0.4, -0.2) is 29.0 Å². The van der Waals surface area contributed by atoms with Crippen molar-refractivity contribution in [3.05, 3.63) is 28.2 Å². The molecule has 0 amide bonds. The SMILES string of the molecule is CC(=O)OCCCc1cnn(C2CCCCO2)c(=O)c1. The van der Waals surface area contributed by atoms with Gasteiger partial charge in [-0.2, -0.15) is 5.10 Å². The van der Waals surface area contributed by atoms with E-state index in [0.29, 0.717) is 26.1 Å². The number of rotatable bonds is 5. The molecule has 0 N–H and O–H groups in total. The minimum atomic E-state index is -0.284. The summed E-state index contributed by atoms with van der Waals surface area (Å²) in [5, 5.41) is 4.19. The van der Waals surface area contributed by atoms with E-state index in [9.17, 15) is 9.59 Å². The fraction of sp³-hybridized carbons (Fsp3) is 0.643. The number of hydrogen-bond acceptors (Lipinski definition) is 5. The lowest BCUT2D eigenvalue weighted by Crippen LogP contribution is -2.30. The number of carbonyl (C=O) groups excluding carboxylic acids is 1. The molecular weight excluding hydrogens is 260 g/mol. The van der Waals surface area contributed by atoms with Crippen LogP contribution >= 0.6 is 0 Å². The summed E-state index contributed by atoms with van der Waals surface area (Å²) in [5.41, 5.74) is 0.719. The first-order valence-electron chi connectivity index (χ1n) is 6.99. The molecule has 0 aromatic carbocycles. The predicted molar refractivity (Wildman–Crippen MR) is 72.3 cm³/mol. The van der Waals surface area contributed by atoms with Gasteiger partial charge in [0.2, 0.25) is 0 Å². The van der Waals surface area contributed by atoms with Crippen molar-refractivity contribution in [2.24, 2.45) is 0 Å². The highest BCUT2D eigenvalue weighted by Crippen LogP contribution is 2.19. The largest absolute Gasteiger partial charge is 0.466 e. The first-order chi connectivity index (χ1) is 9.66. The summed E-state index contributed by atoms with van der Waals surface area (Å²) in [6.07, 6.45) is 5.74. The maximum atomic E-state index is 12.0. The number of ether oxygens (including phenoxy) is 2. The number of nitrogens with zero attached hydrogens (tertiary/aromatic N) is 2. The second-order valence-electron chi connectivity index (χ2n) is 4.91. The van der Waals surface area contributed by atoms with Gasteiger partial charge in [-0.25, -0.2) is 4.68 Å². The van der Waals surface area contributed by atoms with Crippen molar-refractivity contribution in [3.63, 3.8) is 0 Å². The summed E-state index contributed by atoms with van der Waals surface area (Å²) in [7, 11) is 0. The molecule has 0 saturated carbocycles. The van der Waals surface area contributed by atoms with Crippen LogP contribution in [0.1, 0.15) is 44.4 Å². The number of hydrogen-bond donors (Lipinski definition) is 0. The average molecular weight is 280 g/mol. The van der Waals surface area contributed by atoms with Gasteiger partial charge in [-0.1, -0.05) is 0 Å². The summed E-state index contributed by atoms with van der Waals surface area (Å²) in [5.74, 6) is -0.284. The van der Waals surface area contributed by atoms with Gasteiger partial charge in [0, 0.05) is 19.6 Å². The monoisotopic (exact) mass is 280 g/mol. The van der Waals surface area contributed by atoms with Gasteiger partial charge in [-0.05, 0) is 37.7 Å². The van der Waals surface area contributed by atoms with E-state index >= 15 is 0 Å². The van der Waals surface area contributed by atoms with Gasteiger partial charge >= 0.3 is 5.97 Å². The number of carbonyl (C=O) groups is 1. The third-order valence-corrected chi connectivity index (χ3v) is 3.23. The molecule has 0 aliphatic carbocycles. The van der Waals surface area contributed by atoms with E-state index < -0.39 is 0 Å². The quantitative estimate of drug-likeness (QED) is 0.603. The molecule has 0 radical (unpaired) electrons. The van der Waals surface area contributed by atoms with Gasteiger partial charge in [0.25, 0.3) is 5.56 Å². The van der Waals surface area contributed by atoms with Crippen LogP contribution < -0.4 is 5.56 Å². The van der Waals surface area contributed by atoms with Crippen molar-refractivity contribution >= 4 is 5.97 Å². The minimum absolute atomic E-state index is 0.137. The summed E-state index contributed by atoms with van der Waals surface area (Å²) in [6.45, 7) is 2.43. The molecule has 6 heteroatoms. The zero-order chi connectivity index (χ0) is 14.4. The highest BCUT2D eigenvalue weighted by atomic mass is 16.5. The standard InChI is InChI=1S/C14H20N2O4/c1-11(17)19-8-4-5-12-9-13(18)16(15-10-12)14-6-2-3-7-20-14/h9-10,14H,2-8H2,1H3. The van der Waals surface area contributed by atoms with Crippen LogP contribution in [0.3, 0.4) is 0 Å². The Balaban J connectivity index is 1.91. The van der Waals surface area contributed by atoms with Gasteiger partial charge < -0.3 is 9.47 Å². The zero-order valence-electron chi connectivity index (χ0n) is 11.7. The third-order valence-electron chi connectivity index (χ3n) is 3.23. The maximum absolute atomic E-state index is 12.0. The summed E-state index contributed by atoms with van der Waals surface area (Å²) in [4.78, 5) is 22.6. The molecule has 110 valence electrons. The Kier molecular flexibility index (Phi) is 5.29. The minimum Gasteiger partial charge on any atom is -0.466 e. The Morgan fingerprint density at radius 1 is 1.55 bits per heavy atom. The van der Waals surface area contributed by atoms with Crippen molar-refractivity contribution in [1.82, 2.24) is 9.78 Å². The van der Waals surface area contributed by atoms with Gasteiger partial charge in [-0.3, -0.25) is 9.59 Å². The average Bonchev–Trinajstić information content (AvgIpc) is 2.44. The molecule has 1 atom stereocenters. The molecule has 2 heterocycles. The Morgan fingerprint density at radius 3 is 3.05 bits per heavy atom.